The van der Waals surface area contributed by atoms with Crippen molar-refractivity contribution in [1.82, 2.24) is 14.5 Å². The number of nitrogens with zero attached hydrogens (tertiary/aromatic N) is 3. The molecule has 0 aliphatic carbocycles. The molecule has 1 fully saturated rings. The number of imidazole rings is 1. The van der Waals surface area contributed by atoms with Gasteiger partial charge in [0.15, 0.2) is 0 Å². The molecule has 3 nitrogen and oxygen atoms in total. The monoisotopic (exact) mass is 275 g/mol. The van der Waals surface area contributed by atoms with Gasteiger partial charge in [-0.15, -0.1) is 0 Å². The Morgan fingerprint density at radius 2 is 2.15 bits per heavy atom. The molecule has 0 saturated carbocycles. The molecule has 112 valence electrons. The normalized spacial score (nSPS) is 27.8. The van der Waals surface area contributed by atoms with Gasteiger partial charge in [-0.2, -0.15) is 0 Å². The van der Waals surface area contributed by atoms with Crippen LogP contribution in [0.3, 0.4) is 0 Å². The number of rotatable bonds is 3. The first kappa shape index (κ1) is 14.1. The zero-order valence-corrected chi connectivity index (χ0v) is 13.3. The van der Waals surface area contributed by atoms with Crippen LogP contribution >= 0.6 is 0 Å². The summed E-state index contributed by atoms with van der Waals surface area (Å²) in [5.41, 5.74) is 1.34. The Hall–Kier alpha value is -0.830. The molecule has 3 heteroatoms. The van der Waals surface area contributed by atoms with Crippen LogP contribution in [0.25, 0.3) is 0 Å². The molecule has 2 unspecified atom stereocenters. The van der Waals surface area contributed by atoms with E-state index in [0.717, 1.165) is 5.92 Å². The van der Waals surface area contributed by atoms with Gasteiger partial charge in [-0.25, -0.2) is 4.98 Å². The fourth-order valence-corrected chi connectivity index (χ4v) is 3.88. The highest BCUT2D eigenvalue weighted by Gasteiger charge is 2.24. The maximum Gasteiger partial charge on any atom is 0.109 e. The van der Waals surface area contributed by atoms with E-state index in [1.165, 1.54) is 63.1 Å². The molecule has 0 spiro atoms. The fourth-order valence-electron chi connectivity index (χ4n) is 3.88. The van der Waals surface area contributed by atoms with Crippen molar-refractivity contribution in [3.8, 4) is 0 Å². The topological polar surface area (TPSA) is 21.1 Å². The molecular formula is C17H29N3. The molecule has 0 aromatic carbocycles. The van der Waals surface area contributed by atoms with Crippen LogP contribution in [0, 0.1) is 5.92 Å². The van der Waals surface area contributed by atoms with Crippen LogP contribution in [0.2, 0.25) is 0 Å². The highest BCUT2D eigenvalue weighted by molar-refractivity contribution is 5.09. The minimum atomic E-state index is 0.651. The van der Waals surface area contributed by atoms with Crippen LogP contribution in [0.15, 0.2) is 6.20 Å². The molecule has 0 N–H and O–H groups in total. The summed E-state index contributed by atoms with van der Waals surface area (Å²) in [5.74, 6) is 2.13. The van der Waals surface area contributed by atoms with Gasteiger partial charge >= 0.3 is 0 Å². The van der Waals surface area contributed by atoms with Crippen LogP contribution in [-0.4, -0.2) is 33.6 Å². The van der Waals surface area contributed by atoms with E-state index in [4.69, 9.17) is 4.98 Å². The predicted octanol–water partition coefficient (Wildman–Crippen LogP) is 3.44. The third kappa shape index (κ3) is 2.93. The van der Waals surface area contributed by atoms with Gasteiger partial charge in [-0.1, -0.05) is 0 Å². The number of piperidine rings is 1. The Morgan fingerprint density at radius 1 is 1.30 bits per heavy atom. The molecule has 2 aliphatic rings. The van der Waals surface area contributed by atoms with Crippen molar-refractivity contribution in [1.29, 1.82) is 0 Å². The SMILES string of the molecule is CC(C)N1CCCC(Cc2cn3c(n2)CCCC3C)C1. The highest BCUT2D eigenvalue weighted by atomic mass is 15.2. The number of hydrogen-bond acceptors (Lipinski definition) is 2. The fraction of sp³-hybridized carbons (Fsp3) is 0.824. The van der Waals surface area contributed by atoms with Gasteiger partial charge < -0.3 is 9.47 Å². The summed E-state index contributed by atoms with van der Waals surface area (Å²) < 4.78 is 2.43. The summed E-state index contributed by atoms with van der Waals surface area (Å²) >= 11 is 0. The van der Waals surface area contributed by atoms with Gasteiger partial charge in [0.25, 0.3) is 0 Å². The summed E-state index contributed by atoms with van der Waals surface area (Å²) in [4.78, 5) is 7.54. The molecule has 0 radical (unpaired) electrons. The highest BCUT2D eigenvalue weighted by Crippen LogP contribution is 2.27. The smallest absolute Gasteiger partial charge is 0.109 e. The zero-order valence-electron chi connectivity index (χ0n) is 13.3. The van der Waals surface area contributed by atoms with Gasteiger partial charge in [0, 0.05) is 31.2 Å². The maximum atomic E-state index is 4.91. The zero-order chi connectivity index (χ0) is 14.1. The van der Waals surface area contributed by atoms with E-state index in [0.29, 0.717) is 12.1 Å². The lowest BCUT2D eigenvalue weighted by atomic mass is 9.93. The van der Waals surface area contributed by atoms with Gasteiger partial charge in [-0.05, 0) is 65.3 Å². The molecule has 1 saturated heterocycles. The Morgan fingerprint density at radius 3 is 2.90 bits per heavy atom. The number of hydrogen-bond donors (Lipinski definition) is 0. The molecule has 3 rings (SSSR count). The van der Waals surface area contributed by atoms with Gasteiger partial charge in [0.1, 0.15) is 5.82 Å². The lowest BCUT2D eigenvalue weighted by molar-refractivity contribution is 0.139. The van der Waals surface area contributed by atoms with Gasteiger partial charge in [0.05, 0.1) is 5.69 Å². The van der Waals surface area contributed by atoms with E-state index in [1.54, 1.807) is 0 Å². The quantitative estimate of drug-likeness (QED) is 0.842. The van der Waals surface area contributed by atoms with E-state index in [2.05, 4.69) is 36.4 Å². The van der Waals surface area contributed by atoms with Crippen molar-refractivity contribution in [2.75, 3.05) is 13.1 Å². The molecular weight excluding hydrogens is 246 g/mol. The summed E-state index contributed by atoms with van der Waals surface area (Å²) in [7, 11) is 0. The largest absolute Gasteiger partial charge is 0.332 e. The third-order valence-corrected chi connectivity index (χ3v) is 5.13. The van der Waals surface area contributed by atoms with E-state index in [-0.39, 0.29) is 0 Å². The van der Waals surface area contributed by atoms with Crippen molar-refractivity contribution in [3.05, 3.63) is 17.7 Å². The number of fused-ring (bicyclic) bond motifs is 1. The first-order valence-corrected chi connectivity index (χ1v) is 8.44. The molecule has 0 bridgehead atoms. The molecule has 2 aliphatic heterocycles. The van der Waals surface area contributed by atoms with Crippen LogP contribution in [0.1, 0.15) is 64.0 Å². The summed E-state index contributed by atoms with van der Waals surface area (Å²) in [5, 5.41) is 0. The van der Waals surface area contributed by atoms with E-state index in [1.807, 2.05) is 0 Å². The molecule has 1 aromatic heterocycles. The van der Waals surface area contributed by atoms with E-state index >= 15 is 0 Å². The van der Waals surface area contributed by atoms with Crippen molar-refractivity contribution >= 4 is 0 Å². The van der Waals surface area contributed by atoms with Crippen molar-refractivity contribution in [3.63, 3.8) is 0 Å². The Balaban J connectivity index is 1.66. The third-order valence-electron chi connectivity index (χ3n) is 5.13. The summed E-state index contributed by atoms with van der Waals surface area (Å²) in [6.45, 7) is 9.51. The Kier molecular flexibility index (Phi) is 4.16. The number of aromatic nitrogens is 2. The first-order chi connectivity index (χ1) is 9.63. The van der Waals surface area contributed by atoms with Crippen LogP contribution < -0.4 is 0 Å². The van der Waals surface area contributed by atoms with Crippen molar-refractivity contribution in [2.24, 2.45) is 5.92 Å². The minimum absolute atomic E-state index is 0.651. The number of aryl methyl sites for hydroxylation is 1. The summed E-state index contributed by atoms with van der Waals surface area (Å²) in [6, 6.07) is 1.34. The molecule has 1 aromatic rings. The average molecular weight is 275 g/mol. The minimum Gasteiger partial charge on any atom is -0.332 e. The molecule has 20 heavy (non-hydrogen) atoms. The van der Waals surface area contributed by atoms with E-state index < -0.39 is 0 Å². The van der Waals surface area contributed by atoms with Crippen molar-refractivity contribution in [2.45, 2.75) is 71.4 Å². The molecule has 0 amide bonds. The van der Waals surface area contributed by atoms with Crippen LogP contribution in [0.4, 0.5) is 0 Å². The van der Waals surface area contributed by atoms with Gasteiger partial charge in [-0.3, -0.25) is 0 Å². The van der Waals surface area contributed by atoms with Crippen molar-refractivity contribution < 1.29 is 0 Å². The standard InChI is InChI=1S/C17H29N3/c1-13(2)19-9-5-7-15(11-19)10-16-12-20-14(3)6-4-8-17(20)18-16/h12-15H,4-11H2,1-3H3. The van der Waals surface area contributed by atoms with Crippen LogP contribution in [0.5, 0.6) is 0 Å². The second kappa shape index (κ2) is 5.88. The average Bonchev–Trinajstić information content (AvgIpc) is 2.83. The summed E-state index contributed by atoms with van der Waals surface area (Å²) in [6.07, 6.45) is 10.0. The predicted molar refractivity (Wildman–Crippen MR) is 83.0 cm³/mol. The van der Waals surface area contributed by atoms with E-state index in [9.17, 15) is 0 Å². The molecule has 3 heterocycles. The Bertz CT molecular complexity index is 449. The lowest BCUT2D eigenvalue weighted by Gasteiger charge is -2.35. The second-order valence-corrected chi connectivity index (χ2v) is 7.10. The van der Waals surface area contributed by atoms with Gasteiger partial charge in [0.2, 0.25) is 0 Å². The number of likely N-dealkylation sites (tertiary alicyclic amines) is 1. The molecule has 2 atom stereocenters. The van der Waals surface area contributed by atoms with Crippen LogP contribution in [-0.2, 0) is 12.8 Å². The maximum absolute atomic E-state index is 4.91. The first-order valence-electron chi connectivity index (χ1n) is 8.44. The lowest BCUT2D eigenvalue weighted by Crippen LogP contribution is -2.40. The second-order valence-electron chi connectivity index (χ2n) is 7.10. The Labute approximate surface area is 123 Å².